The van der Waals surface area contributed by atoms with Crippen molar-refractivity contribution in [2.45, 2.75) is 57.6 Å². The molecule has 2 N–H and O–H groups in total. The van der Waals surface area contributed by atoms with Crippen LogP contribution in [0.15, 0.2) is 24.3 Å². The fourth-order valence-corrected chi connectivity index (χ4v) is 2.63. The van der Waals surface area contributed by atoms with E-state index in [9.17, 15) is 0 Å². The number of hydrogen-bond donors (Lipinski definition) is 1. The maximum absolute atomic E-state index is 6.23. The summed E-state index contributed by atoms with van der Waals surface area (Å²) in [7, 11) is 0. The highest BCUT2D eigenvalue weighted by atomic mass is 16.5. The summed E-state index contributed by atoms with van der Waals surface area (Å²) < 4.78 is 5.74. The van der Waals surface area contributed by atoms with Crippen molar-refractivity contribution in [3.8, 4) is 0 Å². The molecule has 1 saturated heterocycles. The third-order valence-corrected chi connectivity index (χ3v) is 3.77. The van der Waals surface area contributed by atoms with E-state index in [0.717, 1.165) is 25.9 Å². The molecular weight excluding hydrogens is 222 g/mol. The van der Waals surface area contributed by atoms with Gasteiger partial charge in [-0.2, -0.15) is 0 Å². The molecule has 2 unspecified atom stereocenters. The highest BCUT2D eigenvalue weighted by Crippen LogP contribution is 2.18. The largest absolute Gasteiger partial charge is 0.378 e. The van der Waals surface area contributed by atoms with E-state index >= 15 is 0 Å². The lowest BCUT2D eigenvalue weighted by Gasteiger charge is -2.25. The van der Waals surface area contributed by atoms with Crippen LogP contribution in [-0.4, -0.2) is 18.8 Å². The third-order valence-electron chi connectivity index (χ3n) is 3.77. The van der Waals surface area contributed by atoms with Gasteiger partial charge in [0, 0.05) is 12.6 Å². The minimum absolute atomic E-state index is 0.223. The first-order chi connectivity index (χ1) is 8.78. The lowest BCUT2D eigenvalue weighted by molar-refractivity contribution is 0.00747. The zero-order valence-corrected chi connectivity index (χ0v) is 11.4. The topological polar surface area (TPSA) is 35.2 Å². The maximum atomic E-state index is 6.23. The minimum Gasteiger partial charge on any atom is -0.378 e. The number of benzene rings is 1. The van der Waals surface area contributed by atoms with Gasteiger partial charge in [-0.1, -0.05) is 31.2 Å². The Morgan fingerprint density at radius 1 is 1.22 bits per heavy atom. The summed E-state index contributed by atoms with van der Waals surface area (Å²) in [6.07, 6.45) is 7.14. The molecule has 1 fully saturated rings. The maximum Gasteiger partial charge on any atom is 0.0590 e. The van der Waals surface area contributed by atoms with Gasteiger partial charge in [0.25, 0.3) is 0 Å². The average molecular weight is 247 g/mol. The van der Waals surface area contributed by atoms with Crippen molar-refractivity contribution in [2.75, 3.05) is 6.61 Å². The molecule has 0 aromatic heterocycles. The Kier molecular flexibility index (Phi) is 5.21. The molecule has 2 heteroatoms. The molecule has 0 radical (unpaired) electrons. The van der Waals surface area contributed by atoms with Crippen LogP contribution in [0.2, 0.25) is 0 Å². The molecule has 0 spiro atoms. The Hall–Kier alpha value is -0.860. The molecular formula is C16H25NO. The fourth-order valence-electron chi connectivity index (χ4n) is 2.63. The van der Waals surface area contributed by atoms with Crippen LogP contribution < -0.4 is 5.73 Å². The molecule has 1 aliphatic rings. The second-order valence-electron chi connectivity index (χ2n) is 5.36. The van der Waals surface area contributed by atoms with Crippen LogP contribution in [0.1, 0.15) is 43.7 Å². The molecule has 1 aromatic carbocycles. The lowest BCUT2D eigenvalue weighted by atomic mass is 9.97. The van der Waals surface area contributed by atoms with Gasteiger partial charge in [0.05, 0.1) is 6.10 Å². The summed E-state index contributed by atoms with van der Waals surface area (Å²) in [5, 5.41) is 0. The molecule has 0 saturated carbocycles. The van der Waals surface area contributed by atoms with Crippen LogP contribution in [-0.2, 0) is 17.6 Å². The SMILES string of the molecule is CCc1ccc(CC(N)CC2CCCCO2)cc1. The first-order valence-corrected chi connectivity index (χ1v) is 7.23. The van der Waals surface area contributed by atoms with E-state index in [4.69, 9.17) is 10.5 Å². The van der Waals surface area contributed by atoms with Crippen LogP contribution in [0, 0.1) is 0 Å². The Morgan fingerprint density at radius 2 is 1.94 bits per heavy atom. The normalized spacial score (nSPS) is 21.8. The molecule has 100 valence electrons. The number of rotatable bonds is 5. The molecule has 0 aliphatic carbocycles. The molecule has 1 heterocycles. The van der Waals surface area contributed by atoms with Crippen molar-refractivity contribution in [3.05, 3.63) is 35.4 Å². The second-order valence-corrected chi connectivity index (χ2v) is 5.36. The Balaban J connectivity index is 1.80. The molecule has 0 bridgehead atoms. The number of hydrogen-bond acceptors (Lipinski definition) is 2. The fraction of sp³-hybridized carbons (Fsp3) is 0.625. The zero-order chi connectivity index (χ0) is 12.8. The van der Waals surface area contributed by atoms with E-state index in [1.54, 1.807) is 0 Å². The summed E-state index contributed by atoms with van der Waals surface area (Å²) in [6.45, 7) is 3.10. The van der Waals surface area contributed by atoms with Crippen molar-refractivity contribution in [1.29, 1.82) is 0 Å². The first-order valence-electron chi connectivity index (χ1n) is 7.23. The van der Waals surface area contributed by atoms with Crippen LogP contribution in [0.4, 0.5) is 0 Å². The zero-order valence-electron chi connectivity index (χ0n) is 11.4. The minimum atomic E-state index is 0.223. The van der Waals surface area contributed by atoms with Crippen LogP contribution in [0.5, 0.6) is 0 Å². The second kappa shape index (κ2) is 6.91. The van der Waals surface area contributed by atoms with E-state index in [1.165, 1.54) is 30.4 Å². The van der Waals surface area contributed by atoms with Gasteiger partial charge in [0.2, 0.25) is 0 Å². The average Bonchev–Trinajstić information content (AvgIpc) is 2.40. The highest BCUT2D eigenvalue weighted by Gasteiger charge is 2.17. The molecule has 2 atom stereocenters. The van der Waals surface area contributed by atoms with Crippen LogP contribution >= 0.6 is 0 Å². The van der Waals surface area contributed by atoms with Crippen molar-refractivity contribution in [1.82, 2.24) is 0 Å². The predicted molar refractivity (Wildman–Crippen MR) is 75.7 cm³/mol. The van der Waals surface area contributed by atoms with Gasteiger partial charge in [-0.15, -0.1) is 0 Å². The van der Waals surface area contributed by atoms with E-state index in [-0.39, 0.29) is 6.04 Å². The van der Waals surface area contributed by atoms with Crippen molar-refractivity contribution in [3.63, 3.8) is 0 Å². The monoisotopic (exact) mass is 247 g/mol. The van der Waals surface area contributed by atoms with Crippen LogP contribution in [0.25, 0.3) is 0 Å². The summed E-state index contributed by atoms with van der Waals surface area (Å²) in [4.78, 5) is 0. The standard InChI is InChI=1S/C16H25NO/c1-2-13-6-8-14(9-7-13)11-15(17)12-16-5-3-4-10-18-16/h6-9,15-16H,2-5,10-12,17H2,1H3. The van der Waals surface area contributed by atoms with Crippen LogP contribution in [0.3, 0.4) is 0 Å². The molecule has 1 aliphatic heterocycles. The summed E-state index contributed by atoms with van der Waals surface area (Å²) in [5.41, 5.74) is 8.96. The summed E-state index contributed by atoms with van der Waals surface area (Å²) >= 11 is 0. The van der Waals surface area contributed by atoms with Gasteiger partial charge in [-0.05, 0) is 49.7 Å². The van der Waals surface area contributed by atoms with E-state index < -0.39 is 0 Å². The van der Waals surface area contributed by atoms with Gasteiger partial charge in [-0.25, -0.2) is 0 Å². The predicted octanol–water partition coefficient (Wildman–Crippen LogP) is 3.08. The molecule has 0 amide bonds. The Bertz CT molecular complexity index is 341. The van der Waals surface area contributed by atoms with Gasteiger partial charge in [0.1, 0.15) is 0 Å². The smallest absolute Gasteiger partial charge is 0.0590 e. The quantitative estimate of drug-likeness (QED) is 0.868. The van der Waals surface area contributed by atoms with E-state index in [2.05, 4.69) is 31.2 Å². The molecule has 18 heavy (non-hydrogen) atoms. The van der Waals surface area contributed by atoms with Gasteiger partial charge >= 0.3 is 0 Å². The first kappa shape index (κ1) is 13.6. The number of aryl methyl sites for hydroxylation is 1. The molecule has 2 nitrogen and oxygen atoms in total. The third kappa shape index (κ3) is 4.11. The van der Waals surface area contributed by atoms with Gasteiger partial charge in [-0.3, -0.25) is 0 Å². The summed E-state index contributed by atoms with van der Waals surface area (Å²) in [5.74, 6) is 0. The Labute approximate surface area is 111 Å². The molecule has 2 rings (SSSR count). The number of ether oxygens (including phenoxy) is 1. The lowest BCUT2D eigenvalue weighted by Crippen LogP contribution is -2.31. The van der Waals surface area contributed by atoms with Gasteiger partial charge < -0.3 is 10.5 Å². The van der Waals surface area contributed by atoms with Crippen molar-refractivity contribution in [2.24, 2.45) is 5.73 Å². The number of nitrogens with two attached hydrogens (primary N) is 1. The van der Waals surface area contributed by atoms with Crippen molar-refractivity contribution < 1.29 is 4.74 Å². The highest BCUT2D eigenvalue weighted by molar-refractivity contribution is 5.23. The Morgan fingerprint density at radius 3 is 2.56 bits per heavy atom. The van der Waals surface area contributed by atoms with Gasteiger partial charge in [0.15, 0.2) is 0 Å². The molecule has 1 aromatic rings. The van der Waals surface area contributed by atoms with Crippen molar-refractivity contribution >= 4 is 0 Å². The van der Waals surface area contributed by atoms with E-state index in [1.807, 2.05) is 0 Å². The summed E-state index contributed by atoms with van der Waals surface area (Å²) in [6, 6.07) is 9.06. The van der Waals surface area contributed by atoms with E-state index in [0.29, 0.717) is 6.10 Å².